The van der Waals surface area contributed by atoms with E-state index in [1.807, 2.05) is 17.5 Å². The number of nitrogens with one attached hydrogen (secondary N) is 1. The molecule has 0 saturated carbocycles. The molecule has 0 radical (unpaired) electrons. The minimum Gasteiger partial charge on any atom is -0.306 e. The second-order valence-electron chi connectivity index (χ2n) is 3.92. The summed E-state index contributed by atoms with van der Waals surface area (Å²) in [5.41, 5.74) is 0. The Balaban J connectivity index is 1.81. The average Bonchev–Trinajstić information content (AvgIpc) is 2.76. The maximum Gasteiger partial charge on any atom is 0.0925 e. The summed E-state index contributed by atoms with van der Waals surface area (Å²) in [5, 5.41) is 4.80. The van der Waals surface area contributed by atoms with E-state index in [2.05, 4.69) is 29.4 Å². The Labute approximate surface area is 95.4 Å². The van der Waals surface area contributed by atoms with Crippen molar-refractivity contribution in [1.82, 2.24) is 10.3 Å². The highest BCUT2D eigenvalue weighted by molar-refractivity contribution is 7.11. The summed E-state index contributed by atoms with van der Waals surface area (Å²) in [5.74, 6) is 0. The minimum atomic E-state index is 0.575. The molecule has 0 spiro atoms. The molecular formula is C12H18N2S. The van der Waals surface area contributed by atoms with Crippen LogP contribution in [-0.4, -0.2) is 11.0 Å². The monoisotopic (exact) mass is 222 g/mol. The van der Waals surface area contributed by atoms with Crippen molar-refractivity contribution in [2.45, 2.75) is 45.2 Å². The first-order valence-electron chi connectivity index (χ1n) is 5.72. The van der Waals surface area contributed by atoms with Crippen molar-refractivity contribution < 1.29 is 0 Å². The molecule has 1 atom stereocenters. The highest BCUT2D eigenvalue weighted by atomic mass is 32.1. The van der Waals surface area contributed by atoms with Crippen LogP contribution >= 0.6 is 11.3 Å². The van der Waals surface area contributed by atoms with E-state index in [-0.39, 0.29) is 0 Å². The lowest BCUT2D eigenvalue weighted by molar-refractivity contribution is 0.524. The summed E-state index contributed by atoms with van der Waals surface area (Å²) in [6, 6.07) is 0.575. The molecule has 2 nitrogen and oxygen atoms in total. The van der Waals surface area contributed by atoms with Gasteiger partial charge in [0.1, 0.15) is 0 Å². The maximum absolute atomic E-state index is 4.36. The number of nitrogens with zero attached hydrogens (tertiary/aromatic N) is 1. The molecule has 0 saturated heterocycles. The van der Waals surface area contributed by atoms with Gasteiger partial charge in [0.2, 0.25) is 0 Å². The van der Waals surface area contributed by atoms with E-state index in [0.717, 1.165) is 13.0 Å². The number of hydrogen-bond acceptors (Lipinski definition) is 3. The van der Waals surface area contributed by atoms with Crippen molar-refractivity contribution in [2.24, 2.45) is 0 Å². The molecule has 1 N–H and O–H groups in total. The first-order valence-corrected chi connectivity index (χ1v) is 6.53. The fraction of sp³-hybridized carbons (Fsp3) is 0.583. The van der Waals surface area contributed by atoms with E-state index < -0.39 is 0 Å². The Morgan fingerprint density at radius 1 is 1.60 bits per heavy atom. The molecule has 15 heavy (non-hydrogen) atoms. The van der Waals surface area contributed by atoms with Gasteiger partial charge in [-0.15, -0.1) is 11.3 Å². The Bertz CT molecular complexity index is 330. The van der Waals surface area contributed by atoms with Crippen LogP contribution < -0.4 is 5.32 Å². The lowest BCUT2D eigenvalue weighted by Crippen LogP contribution is -2.27. The van der Waals surface area contributed by atoms with Crippen molar-refractivity contribution >= 4 is 11.3 Å². The van der Waals surface area contributed by atoms with Crippen molar-refractivity contribution in [2.75, 3.05) is 0 Å². The topological polar surface area (TPSA) is 24.9 Å². The zero-order valence-electron chi connectivity index (χ0n) is 9.20. The summed E-state index contributed by atoms with van der Waals surface area (Å²) in [4.78, 5) is 5.71. The molecule has 0 aromatic carbocycles. The molecule has 1 aliphatic rings. The van der Waals surface area contributed by atoms with Crippen molar-refractivity contribution in [1.29, 1.82) is 0 Å². The van der Waals surface area contributed by atoms with Crippen LogP contribution in [0.4, 0.5) is 0 Å². The van der Waals surface area contributed by atoms with Gasteiger partial charge in [0, 0.05) is 23.7 Å². The highest BCUT2D eigenvalue weighted by Crippen LogP contribution is 2.15. The molecule has 82 valence electrons. The van der Waals surface area contributed by atoms with E-state index in [9.17, 15) is 0 Å². The fourth-order valence-electron chi connectivity index (χ4n) is 1.81. The highest BCUT2D eigenvalue weighted by Gasteiger charge is 2.08. The lowest BCUT2D eigenvalue weighted by Gasteiger charge is -2.17. The van der Waals surface area contributed by atoms with Gasteiger partial charge in [0.25, 0.3) is 0 Å². The predicted molar refractivity (Wildman–Crippen MR) is 65.1 cm³/mol. The summed E-state index contributed by atoms with van der Waals surface area (Å²) in [6.07, 6.45) is 11.5. The molecule has 0 fully saturated rings. The Hall–Kier alpha value is -0.670. The van der Waals surface area contributed by atoms with Crippen LogP contribution in [0.3, 0.4) is 0 Å². The number of rotatable bonds is 4. The largest absolute Gasteiger partial charge is 0.306 e. The standard InChI is InChI=1S/C12H18N2S/c1-2-12-14-9-11(15-12)8-13-10-6-4-3-5-7-10/h4,6,9-10,13H,2-3,5,7-8H2,1H3. The van der Waals surface area contributed by atoms with Crippen molar-refractivity contribution in [3.8, 4) is 0 Å². The minimum absolute atomic E-state index is 0.575. The summed E-state index contributed by atoms with van der Waals surface area (Å²) in [6.45, 7) is 3.12. The molecule has 2 rings (SSSR count). The van der Waals surface area contributed by atoms with Gasteiger partial charge in [-0.25, -0.2) is 4.98 Å². The number of aromatic nitrogens is 1. The van der Waals surface area contributed by atoms with Gasteiger partial charge in [0.05, 0.1) is 5.01 Å². The second kappa shape index (κ2) is 5.42. The maximum atomic E-state index is 4.36. The van der Waals surface area contributed by atoms with Gasteiger partial charge in [-0.05, 0) is 25.7 Å². The van der Waals surface area contributed by atoms with E-state index in [0.29, 0.717) is 6.04 Å². The summed E-state index contributed by atoms with van der Waals surface area (Å²) < 4.78 is 0. The third-order valence-corrected chi connectivity index (χ3v) is 3.84. The van der Waals surface area contributed by atoms with Crippen LogP contribution in [0.25, 0.3) is 0 Å². The van der Waals surface area contributed by atoms with Gasteiger partial charge < -0.3 is 5.32 Å². The van der Waals surface area contributed by atoms with E-state index in [4.69, 9.17) is 0 Å². The Morgan fingerprint density at radius 3 is 3.20 bits per heavy atom. The van der Waals surface area contributed by atoms with Crippen molar-refractivity contribution in [3.63, 3.8) is 0 Å². The van der Waals surface area contributed by atoms with Gasteiger partial charge >= 0.3 is 0 Å². The zero-order valence-corrected chi connectivity index (χ0v) is 10.0. The van der Waals surface area contributed by atoms with Gasteiger partial charge in [-0.2, -0.15) is 0 Å². The van der Waals surface area contributed by atoms with E-state index in [1.165, 1.54) is 29.1 Å². The molecule has 1 aliphatic carbocycles. The molecule has 0 bridgehead atoms. The molecule has 1 aromatic heterocycles. The number of thiazole rings is 1. The molecule has 1 heterocycles. The first-order chi connectivity index (χ1) is 7.38. The van der Waals surface area contributed by atoms with Crippen LogP contribution in [0.5, 0.6) is 0 Å². The second-order valence-corrected chi connectivity index (χ2v) is 5.12. The number of aryl methyl sites for hydroxylation is 1. The summed E-state index contributed by atoms with van der Waals surface area (Å²) >= 11 is 1.82. The van der Waals surface area contributed by atoms with E-state index in [1.54, 1.807) is 0 Å². The molecule has 1 aromatic rings. The average molecular weight is 222 g/mol. The smallest absolute Gasteiger partial charge is 0.0925 e. The molecule has 0 amide bonds. The normalized spacial score (nSPS) is 20.7. The number of allylic oxidation sites excluding steroid dienone is 1. The van der Waals surface area contributed by atoms with Crippen LogP contribution in [0.1, 0.15) is 36.1 Å². The van der Waals surface area contributed by atoms with Crippen LogP contribution in [0.2, 0.25) is 0 Å². The van der Waals surface area contributed by atoms with Gasteiger partial charge in [0.15, 0.2) is 0 Å². The SMILES string of the molecule is CCc1ncc(CNC2C=CCCC2)s1. The first kappa shape index (κ1) is 10.8. The zero-order chi connectivity index (χ0) is 10.5. The van der Waals surface area contributed by atoms with Gasteiger partial charge in [-0.1, -0.05) is 19.1 Å². The Kier molecular flexibility index (Phi) is 3.92. The molecule has 0 aliphatic heterocycles. The van der Waals surface area contributed by atoms with Crippen LogP contribution in [-0.2, 0) is 13.0 Å². The van der Waals surface area contributed by atoms with Crippen LogP contribution in [0.15, 0.2) is 18.3 Å². The molecule has 1 unspecified atom stereocenters. The third-order valence-electron chi connectivity index (χ3n) is 2.70. The molecular weight excluding hydrogens is 204 g/mol. The Morgan fingerprint density at radius 2 is 2.53 bits per heavy atom. The quantitative estimate of drug-likeness (QED) is 0.792. The summed E-state index contributed by atoms with van der Waals surface area (Å²) in [7, 11) is 0. The fourth-order valence-corrected chi connectivity index (χ4v) is 2.62. The lowest BCUT2D eigenvalue weighted by atomic mass is 10.0. The predicted octanol–water partition coefficient (Wildman–Crippen LogP) is 2.90. The molecule has 3 heteroatoms. The number of hydrogen-bond donors (Lipinski definition) is 1. The van der Waals surface area contributed by atoms with Crippen molar-refractivity contribution in [3.05, 3.63) is 28.2 Å². The third kappa shape index (κ3) is 3.14. The van der Waals surface area contributed by atoms with E-state index >= 15 is 0 Å². The van der Waals surface area contributed by atoms with Gasteiger partial charge in [-0.3, -0.25) is 0 Å². The van der Waals surface area contributed by atoms with Crippen LogP contribution in [0, 0.1) is 0 Å².